The minimum absolute atomic E-state index is 0.130. The van der Waals surface area contributed by atoms with Gasteiger partial charge in [-0.15, -0.1) is 23.1 Å². The second kappa shape index (κ2) is 8.60. The molecule has 0 saturated heterocycles. The van der Waals surface area contributed by atoms with Gasteiger partial charge in [0.15, 0.2) is 0 Å². The molecule has 2 aromatic rings. The summed E-state index contributed by atoms with van der Waals surface area (Å²) >= 11 is 2.94. The number of hydrogen-bond donors (Lipinski definition) is 1. The molecule has 7 heteroatoms. The van der Waals surface area contributed by atoms with Crippen LogP contribution in [0.1, 0.15) is 33.6 Å². The molecule has 3 rings (SSSR count). The topological polar surface area (TPSA) is 64.6 Å². The van der Waals surface area contributed by atoms with Crippen LogP contribution in [0.2, 0.25) is 0 Å². The Bertz CT molecular complexity index is 799. The van der Waals surface area contributed by atoms with Crippen molar-refractivity contribution in [2.45, 2.75) is 30.6 Å². The first kappa shape index (κ1) is 18.8. The molecule has 1 heterocycles. The van der Waals surface area contributed by atoms with Crippen molar-refractivity contribution in [1.29, 1.82) is 0 Å². The molecule has 0 bridgehead atoms. The molecule has 0 unspecified atom stereocenters. The molecule has 1 N–H and O–H groups in total. The van der Waals surface area contributed by atoms with Crippen molar-refractivity contribution in [3.8, 4) is 5.75 Å². The van der Waals surface area contributed by atoms with E-state index in [0.717, 1.165) is 41.9 Å². The zero-order valence-electron chi connectivity index (χ0n) is 14.8. The summed E-state index contributed by atoms with van der Waals surface area (Å²) in [4.78, 5) is 26.8. The molecule has 1 aromatic carbocycles. The number of ether oxygens (including phenoxy) is 2. The van der Waals surface area contributed by atoms with Gasteiger partial charge in [0.25, 0.3) is 0 Å². The largest absolute Gasteiger partial charge is 0.497 e. The number of hydrogen-bond acceptors (Lipinski definition) is 6. The van der Waals surface area contributed by atoms with E-state index in [9.17, 15) is 9.59 Å². The number of nitrogens with one attached hydrogen (secondary N) is 1. The van der Waals surface area contributed by atoms with E-state index in [0.29, 0.717) is 10.6 Å². The van der Waals surface area contributed by atoms with Crippen molar-refractivity contribution in [1.82, 2.24) is 0 Å². The van der Waals surface area contributed by atoms with Crippen LogP contribution < -0.4 is 10.1 Å². The molecule has 1 aliphatic carbocycles. The van der Waals surface area contributed by atoms with Gasteiger partial charge in [-0.2, -0.15) is 0 Å². The number of esters is 1. The molecule has 1 amide bonds. The zero-order valence-corrected chi connectivity index (χ0v) is 16.4. The van der Waals surface area contributed by atoms with Crippen molar-refractivity contribution in [2.24, 2.45) is 0 Å². The summed E-state index contributed by atoms with van der Waals surface area (Å²) in [7, 11) is 3.00. The van der Waals surface area contributed by atoms with Crippen molar-refractivity contribution in [3.63, 3.8) is 0 Å². The number of methoxy groups -OCH3 is 2. The Kier molecular flexibility index (Phi) is 6.21. The van der Waals surface area contributed by atoms with Crippen LogP contribution in [0, 0.1) is 0 Å². The fraction of sp³-hybridized carbons (Fsp3) is 0.368. The highest BCUT2D eigenvalue weighted by atomic mass is 32.2. The van der Waals surface area contributed by atoms with Gasteiger partial charge in [0.2, 0.25) is 5.91 Å². The van der Waals surface area contributed by atoms with Gasteiger partial charge >= 0.3 is 5.97 Å². The van der Waals surface area contributed by atoms with Crippen molar-refractivity contribution in [3.05, 3.63) is 40.3 Å². The van der Waals surface area contributed by atoms with Crippen LogP contribution in [0.3, 0.4) is 0 Å². The highest BCUT2D eigenvalue weighted by Crippen LogP contribution is 2.38. The summed E-state index contributed by atoms with van der Waals surface area (Å²) in [5.41, 5.74) is 1.58. The van der Waals surface area contributed by atoms with E-state index in [1.807, 2.05) is 24.3 Å². The number of fused-ring (bicyclic) bond motifs is 1. The minimum atomic E-state index is -0.373. The molecule has 138 valence electrons. The molecular weight excluding hydrogens is 370 g/mol. The quantitative estimate of drug-likeness (QED) is 0.592. The molecule has 0 fully saturated rings. The van der Waals surface area contributed by atoms with Crippen LogP contribution in [0.15, 0.2) is 29.2 Å². The summed E-state index contributed by atoms with van der Waals surface area (Å²) < 4.78 is 10.1. The lowest BCUT2D eigenvalue weighted by Gasteiger charge is -2.11. The van der Waals surface area contributed by atoms with E-state index < -0.39 is 0 Å². The van der Waals surface area contributed by atoms with Crippen molar-refractivity contribution in [2.75, 3.05) is 25.3 Å². The first-order chi connectivity index (χ1) is 12.6. The number of carbonyl (C=O) groups excluding carboxylic acids is 2. The maximum absolute atomic E-state index is 12.4. The Morgan fingerprint density at radius 1 is 1.15 bits per heavy atom. The van der Waals surface area contributed by atoms with Crippen LogP contribution >= 0.6 is 23.1 Å². The van der Waals surface area contributed by atoms with E-state index in [4.69, 9.17) is 9.47 Å². The lowest BCUT2D eigenvalue weighted by Crippen LogP contribution is -2.16. The standard InChI is InChI=1S/C19H21NO4S2/c1-23-12-7-9-13(10-8-12)25-11-16(21)20-18-17(19(22)24-2)14-5-3-4-6-15(14)26-18/h7-10H,3-6,11H2,1-2H3,(H,20,21). The molecule has 1 aliphatic rings. The van der Waals surface area contributed by atoms with E-state index in [1.165, 1.54) is 35.1 Å². The van der Waals surface area contributed by atoms with Crippen LogP contribution in [0.25, 0.3) is 0 Å². The number of carbonyl (C=O) groups is 2. The van der Waals surface area contributed by atoms with Crippen LogP contribution in [-0.4, -0.2) is 31.8 Å². The summed E-state index contributed by atoms with van der Waals surface area (Å²) in [5, 5.41) is 3.52. The molecule has 0 radical (unpaired) electrons. The Balaban J connectivity index is 1.68. The minimum Gasteiger partial charge on any atom is -0.497 e. The highest BCUT2D eigenvalue weighted by Gasteiger charge is 2.26. The molecule has 0 aliphatic heterocycles. The average Bonchev–Trinajstić information content (AvgIpc) is 3.03. The molecule has 1 aromatic heterocycles. The second-order valence-corrected chi connectivity index (χ2v) is 8.07. The molecule has 26 heavy (non-hydrogen) atoms. The molecule has 5 nitrogen and oxygen atoms in total. The van der Waals surface area contributed by atoms with E-state index in [1.54, 1.807) is 7.11 Å². The lowest BCUT2D eigenvalue weighted by atomic mass is 9.95. The Labute approximate surface area is 161 Å². The molecular formula is C19H21NO4S2. The zero-order chi connectivity index (χ0) is 18.5. The third-order valence-corrected chi connectivity index (χ3v) is 6.46. The lowest BCUT2D eigenvalue weighted by molar-refractivity contribution is -0.113. The number of thioether (sulfide) groups is 1. The number of anilines is 1. The monoisotopic (exact) mass is 391 g/mol. The molecule has 0 saturated carbocycles. The fourth-order valence-corrected chi connectivity index (χ4v) is 4.95. The molecule has 0 atom stereocenters. The van der Waals surface area contributed by atoms with Gasteiger partial charge in [-0.25, -0.2) is 4.79 Å². The number of aryl methyl sites for hydroxylation is 1. The second-order valence-electron chi connectivity index (χ2n) is 5.92. The van der Waals surface area contributed by atoms with Gasteiger partial charge in [0.05, 0.1) is 25.5 Å². The first-order valence-electron chi connectivity index (χ1n) is 8.42. The van der Waals surface area contributed by atoms with Gasteiger partial charge < -0.3 is 14.8 Å². The third kappa shape index (κ3) is 4.22. The first-order valence-corrected chi connectivity index (χ1v) is 10.2. The van der Waals surface area contributed by atoms with Gasteiger partial charge in [0, 0.05) is 9.77 Å². The maximum atomic E-state index is 12.4. The molecule has 0 spiro atoms. The smallest absolute Gasteiger partial charge is 0.341 e. The summed E-state index contributed by atoms with van der Waals surface area (Å²) in [6.07, 6.45) is 4.01. The Hall–Kier alpha value is -1.99. The predicted octanol–water partition coefficient (Wildman–Crippen LogP) is 4.15. The van der Waals surface area contributed by atoms with Crippen LogP contribution in [0.4, 0.5) is 5.00 Å². The fourth-order valence-electron chi connectivity index (χ4n) is 2.96. The summed E-state index contributed by atoms with van der Waals surface area (Å²) in [6.45, 7) is 0. The van der Waals surface area contributed by atoms with Gasteiger partial charge in [0.1, 0.15) is 10.8 Å². The SMILES string of the molecule is COC(=O)c1c(NC(=O)CSc2ccc(OC)cc2)sc2c1CCCC2. The van der Waals surface area contributed by atoms with E-state index in [2.05, 4.69) is 5.32 Å². The predicted molar refractivity (Wildman–Crippen MR) is 105 cm³/mol. The van der Waals surface area contributed by atoms with Crippen molar-refractivity contribution < 1.29 is 19.1 Å². The Morgan fingerprint density at radius 3 is 2.58 bits per heavy atom. The van der Waals surface area contributed by atoms with Crippen LogP contribution in [0.5, 0.6) is 5.75 Å². The van der Waals surface area contributed by atoms with Crippen molar-refractivity contribution >= 4 is 40.0 Å². The number of benzene rings is 1. The van der Waals surface area contributed by atoms with Gasteiger partial charge in [-0.3, -0.25) is 4.79 Å². The van der Waals surface area contributed by atoms with Crippen LogP contribution in [-0.2, 0) is 22.4 Å². The Morgan fingerprint density at radius 2 is 1.88 bits per heavy atom. The van der Waals surface area contributed by atoms with E-state index >= 15 is 0 Å². The van der Waals surface area contributed by atoms with E-state index in [-0.39, 0.29) is 17.6 Å². The third-order valence-electron chi connectivity index (χ3n) is 4.24. The summed E-state index contributed by atoms with van der Waals surface area (Å²) in [6, 6.07) is 7.56. The van der Waals surface area contributed by atoms with Gasteiger partial charge in [-0.05, 0) is 55.5 Å². The summed E-state index contributed by atoms with van der Waals surface area (Å²) in [5.74, 6) is 0.554. The number of rotatable bonds is 6. The maximum Gasteiger partial charge on any atom is 0.341 e. The highest BCUT2D eigenvalue weighted by molar-refractivity contribution is 8.00. The normalized spacial score (nSPS) is 13.0. The number of thiophene rings is 1. The van der Waals surface area contributed by atoms with Gasteiger partial charge in [-0.1, -0.05) is 0 Å². The average molecular weight is 392 g/mol. The number of amides is 1.